The summed E-state index contributed by atoms with van der Waals surface area (Å²) in [6.07, 6.45) is 0.677. The Bertz CT molecular complexity index is 994. The van der Waals surface area contributed by atoms with Crippen molar-refractivity contribution in [2.75, 3.05) is 5.32 Å². The first-order chi connectivity index (χ1) is 12.0. The molecule has 2 aromatic carbocycles. The van der Waals surface area contributed by atoms with Crippen LogP contribution in [0.1, 0.15) is 12.8 Å². The first-order valence-corrected chi connectivity index (χ1v) is 8.62. The molecule has 0 radical (unpaired) electrons. The molecule has 1 N–H and O–H groups in total. The van der Waals surface area contributed by atoms with E-state index in [1.54, 1.807) is 18.2 Å². The molecule has 0 saturated carbocycles. The number of halogens is 3. The van der Waals surface area contributed by atoms with Gasteiger partial charge in [0, 0.05) is 13.0 Å². The minimum atomic E-state index is -0.436. The van der Waals surface area contributed by atoms with E-state index in [4.69, 9.17) is 39.2 Å². The van der Waals surface area contributed by atoms with E-state index in [1.165, 1.54) is 16.7 Å². The second-order valence-corrected chi connectivity index (χ2v) is 6.61. The molecule has 0 aliphatic rings. The van der Waals surface area contributed by atoms with Crippen molar-refractivity contribution in [3.05, 3.63) is 62.0 Å². The van der Waals surface area contributed by atoms with Crippen molar-refractivity contribution in [3.63, 3.8) is 0 Å². The number of aromatic nitrogens is 1. The maximum Gasteiger partial charge on any atom is 0.419 e. The topological polar surface area (TPSA) is 64.2 Å². The van der Waals surface area contributed by atoms with Crippen LogP contribution in [0.5, 0.6) is 0 Å². The Balaban J connectivity index is 1.62. The van der Waals surface area contributed by atoms with Gasteiger partial charge in [-0.15, -0.1) is 0 Å². The fourth-order valence-corrected chi connectivity index (χ4v) is 3.05. The molecule has 0 spiro atoms. The summed E-state index contributed by atoms with van der Waals surface area (Å²) >= 11 is 17.8. The van der Waals surface area contributed by atoms with Crippen molar-refractivity contribution in [3.8, 4) is 0 Å². The summed E-state index contributed by atoms with van der Waals surface area (Å²) in [5.41, 5.74) is 1.63. The van der Waals surface area contributed by atoms with Crippen molar-refractivity contribution in [1.29, 1.82) is 0 Å². The van der Waals surface area contributed by atoms with E-state index in [9.17, 15) is 9.59 Å². The van der Waals surface area contributed by atoms with E-state index in [0.29, 0.717) is 44.8 Å². The Morgan fingerprint density at radius 2 is 1.80 bits per heavy atom. The number of oxazole rings is 1. The second kappa shape index (κ2) is 7.52. The quantitative estimate of drug-likeness (QED) is 0.616. The zero-order valence-electron chi connectivity index (χ0n) is 12.9. The number of hydrogen-bond donors (Lipinski definition) is 1. The number of benzene rings is 2. The van der Waals surface area contributed by atoms with Gasteiger partial charge in [0.05, 0.1) is 26.3 Å². The van der Waals surface area contributed by atoms with Gasteiger partial charge >= 0.3 is 5.76 Å². The largest absolute Gasteiger partial charge is 0.419 e. The van der Waals surface area contributed by atoms with Crippen LogP contribution < -0.4 is 11.1 Å². The molecule has 1 aromatic heterocycles. The van der Waals surface area contributed by atoms with Crippen molar-refractivity contribution >= 4 is 57.5 Å². The Kier molecular flexibility index (Phi) is 5.37. The Morgan fingerprint density at radius 1 is 1.08 bits per heavy atom. The first-order valence-electron chi connectivity index (χ1n) is 7.48. The smallest absolute Gasteiger partial charge is 0.408 e. The molecule has 1 amide bonds. The molecule has 5 nitrogen and oxygen atoms in total. The van der Waals surface area contributed by atoms with E-state index in [1.807, 2.05) is 6.07 Å². The van der Waals surface area contributed by atoms with E-state index in [2.05, 4.69) is 5.32 Å². The minimum absolute atomic E-state index is 0.211. The van der Waals surface area contributed by atoms with Crippen LogP contribution >= 0.6 is 34.8 Å². The third kappa shape index (κ3) is 4.00. The number of carbonyl (C=O) groups excluding carboxylic acids is 1. The van der Waals surface area contributed by atoms with Crippen molar-refractivity contribution in [2.24, 2.45) is 0 Å². The van der Waals surface area contributed by atoms with Gasteiger partial charge in [-0.25, -0.2) is 4.79 Å². The number of amides is 1. The zero-order chi connectivity index (χ0) is 18.0. The first kappa shape index (κ1) is 17.9. The highest BCUT2D eigenvalue weighted by molar-refractivity contribution is 6.44. The van der Waals surface area contributed by atoms with Crippen LogP contribution in [-0.2, 0) is 11.3 Å². The van der Waals surface area contributed by atoms with E-state index < -0.39 is 5.76 Å². The lowest BCUT2D eigenvalue weighted by Crippen LogP contribution is -2.17. The summed E-state index contributed by atoms with van der Waals surface area (Å²) in [6, 6.07) is 10.1. The molecule has 3 rings (SSSR count). The van der Waals surface area contributed by atoms with Gasteiger partial charge in [-0.3, -0.25) is 9.36 Å². The van der Waals surface area contributed by atoms with Crippen molar-refractivity contribution in [1.82, 2.24) is 4.57 Å². The number of nitrogens with zero attached hydrogens (tertiary/aromatic N) is 1. The molecular weight excluding hydrogens is 387 g/mol. The van der Waals surface area contributed by atoms with E-state index in [-0.39, 0.29) is 12.3 Å². The second-order valence-electron chi connectivity index (χ2n) is 5.39. The van der Waals surface area contributed by atoms with Crippen LogP contribution in [0, 0.1) is 0 Å². The fraction of sp³-hybridized carbons (Fsp3) is 0.176. The summed E-state index contributed by atoms with van der Waals surface area (Å²) in [5, 5.41) is 3.61. The van der Waals surface area contributed by atoms with Gasteiger partial charge in [-0.1, -0.05) is 46.9 Å². The number of rotatable bonds is 5. The lowest BCUT2D eigenvalue weighted by molar-refractivity contribution is -0.116. The molecule has 0 unspecified atom stereocenters. The van der Waals surface area contributed by atoms with Gasteiger partial charge < -0.3 is 9.73 Å². The average Bonchev–Trinajstić information content (AvgIpc) is 2.88. The number of anilines is 1. The van der Waals surface area contributed by atoms with Gasteiger partial charge in [0.15, 0.2) is 5.58 Å². The molecule has 0 fully saturated rings. The number of hydrogen-bond acceptors (Lipinski definition) is 3. The van der Waals surface area contributed by atoms with Crippen molar-refractivity contribution < 1.29 is 9.21 Å². The highest BCUT2D eigenvalue weighted by atomic mass is 35.5. The number of nitrogens with one attached hydrogen (secondary N) is 1. The summed E-state index contributed by atoms with van der Waals surface area (Å²) in [6.45, 7) is 0.373. The van der Waals surface area contributed by atoms with Crippen LogP contribution in [0.2, 0.25) is 15.1 Å². The van der Waals surface area contributed by atoms with E-state index in [0.717, 1.165) is 0 Å². The molecule has 25 heavy (non-hydrogen) atoms. The van der Waals surface area contributed by atoms with Crippen LogP contribution in [0.4, 0.5) is 5.69 Å². The predicted octanol–water partition coefficient (Wildman–Crippen LogP) is 4.97. The van der Waals surface area contributed by atoms with Crippen LogP contribution in [-0.4, -0.2) is 10.5 Å². The zero-order valence-corrected chi connectivity index (χ0v) is 15.2. The third-order valence-corrected chi connectivity index (χ3v) is 4.68. The standard InChI is InChI=1S/C17H13Cl3N2O3/c18-10-8-12(20)13(9-11(10)19)21-16(23)6-3-7-22-14-4-1-2-5-15(14)25-17(22)24/h1-2,4-5,8-9H,3,6-7H2,(H,21,23). The summed E-state index contributed by atoms with van der Waals surface area (Å²) in [4.78, 5) is 24.0. The summed E-state index contributed by atoms with van der Waals surface area (Å²) in [5.74, 6) is -0.671. The number of carbonyl (C=O) groups is 1. The van der Waals surface area contributed by atoms with Crippen LogP contribution in [0.3, 0.4) is 0 Å². The Hall–Kier alpha value is -1.95. The summed E-state index contributed by atoms with van der Waals surface area (Å²) in [7, 11) is 0. The average molecular weight is 400 g/mol. The predicted molar refractivity (Wildman–Crippen MR) is 99.8 cm³/mol. The van der Waals surface area contributed by atoms with Crippen molar-refractivity contribution in [2.45, 2.75) is 19.4 Å². The molecular formula is C17H13Cl3N2O3. The highest BCUT2D eigenvalue weighted by Gasteiger charge is 2.11. The molecule has 0 aliphatic heterocycles. The van der Waals surface area contributed by atoms with Gasteiger partial charge in [0.25, 0.3) is 0 Å². The van der Waals surface area contributed by atoms with Gasteiger partial charge in [0.1, 0.15) is 0 Å². The van der Waals surface area contributed by atoms with Crippen LogP contribution in [0.25, 0.3) is 11.1 Å². The molecule has 3 aromatic rings. The fourth-order valence-electron chi connectivity index (χ4n) is 2.45. The van der Waals surface area contributed by atoms with Crippen LogP contribution in [0.15, 0.2) is 45.6 Å². The van der Waals surface area contributed by atoms with Gasteiger partial charge in [-0.05, 0) is 30.7 Å². The highest BCUT2D eigenvalue weighted by Crippen LogP contribution is 2.32. The number of fused-ring (bicyclic) bond motifs is 1. The van der Waals surface area contributed by atoms with Gasteiger partial charge in [0.2, 0.25) is 5.91 Å². The number of para-hydroxylation sites is 2. The maximum absolute atomic E-state index is 12.1. The SMILES string of the molecule is O=C(CCCn1c(=O)oc2ccccc21)Nc1cc(Cl)c(Cl)cc1Cl. The minimum Gasteiger partial charge on any atom is -0.408 e. The number of aryl methyl sites for hydroxylation is 1. The molecule has 0 atom stereocenters. The molecule has 1 heterocycles. The normalized spacial score (nSPS) is 11.0. The van der Waals surface area contributed by atoms with E-state index >= 15 is 0 Å². The Morgan fingerprint density at radius 3 is 2.60 bits per heavy atom. The lowest BCUT2D eigenvalue weighted by atomic mass is 10.2. The molecule has 8 heteroatoms. The third-order valence-electron chi connectivity index (χ3n) is 3.64. The van der Waals surface area contributed by atoms with Gasteiger partial charge in [-0.2, -0.15) is 0 Å². The molecule has 130 valence electrons. The Labute approximate surface area is 158 Å². The molecule has 0 aliphatic carbocycles. The maximum atomic E-state index is 12.1. The monoisotopic (exact) mass is 398 g/mol. The molecule has 0 saturated heterocycles. The summed E-state index contributed by atoms with van der Waals surface area (Å²) < 4.78 is 6.66. The lowest BCUT2D eigenvalue weighted by Gasteiger charge is -2.09. The molecule has 0 bridgehead atoms.